The Labute approximate surface area is 103 Å². The van der Waals surface area contributed by atoms with Gasteiger partial charge in [-0.1, -0.05) is 0 Å². The number of nitrogens with zero attached hydrogens (tertiary/aromatic N) is 2. The zero-order valence-corrected chi connectivity index (χ0v) is 9.22. The molecule has 0 radical (unpaired) electrons. The van der Waals surface area contributed by atoms with E-state index in [0.29, 0.717) is 17.1 Å². The molecule has 0 aliphatic rings. The minimum absolute atomic E-state index is 0.0258. The van der Waals surface area contributed by atoms with Gasteiger partial charge in [-0.3, -0.25) is 0 Å². The summed E-state index contributed by atoms with van der Waals surface area (Å²) in [5, 5.41) is 17.2. The van der Waals surface area contributed by atoms with Gasteiger partial charge >= 0.3 is 0 Å². The molecule has 0 aliphatic carbocycles. The van der Waals surface area contributed by atoms with Gasteiger partial charge in [-0.25, -0.2) is 4.39 Å². The van der Waals surface area contributed by atoms with Crippen molar-refractivity contribution in [1.29, 1.82) is 10.5 Å². The third kappa shape index (κ3) is 2.45. The molecule has 4 heteroatoms. The van der Waals surface area contributed by atoms with Gasteiger partial charge in [0, 0.05) is 6.07 Å². The van der Waals surface area contributed by atoms with Crippen molar-refractivity contribution in [3.05, 3.63) is 59.4 Å². The zero-order valence-electron chi connectivity index (χ0n) is 9.22. The summed E-state index contributed by atoms with van der Waals surface area (Å²) in [6.45, 7) is 0. The number of hydrogen-bond acceptors (Lipinski definition) is 3. The lowest BCUT2D eigenvalue weighted by atomic mass is 10.2. The zero-order chi connectivity index (χ0) is 13.0. The Morgan fingerprint density at radius 3 is 2.11 bits per heavy atom. The lowest BCUT2D eigenvalue weighted by Crippen LogP contribution is -1.88. The van der Waals surface area contributed by atoms with Crippen molar-refractivity contribution in [3.63, 3.8) is 0 Å². The average molecular weight is 238 g/mol. The van der Waals surface area contributed by atoms with Crippen LogP contribution in [0.15, 0.2) is 42.5 Å². The monoisotopic (exact) mass is 238 g/mol. The molecule has 0 fully saturated rings. The van der Waals surface area contributed by atoms with E-state index in [-0.39, 0.29) is 5.56 Å². The first-order chi connectivity index (χ1) is 8.72. The molecular weight excluding hydrogens is 231 g/mol. The average Bonchev–Trinajstić information content (AvgIpc) is 2.40. The highest BCUT2D eigenvalue weighted by Crippen LogP contribution is 2.23. The van der Waals surface area contributed by atoms with Gasteiger partial charge in [0.1, 0.15) is 23.4 Å². The number of nitriles is 2. The van der Waals surface area contributed by atoms with Gasteiger partial charge in [-0.05, 0) is 36.4 Å². The van der Waals surface area contributed by atoms with Crippen LogP contribution in [0.25, 0.3) is 0 Å². The van der Waals surface area contributed by atoms with Gasteiger partial charge < -0.3 is 4.74 Å². The summed E-state index contributed by atoms with van der Waals surface area (Å²) >= 11 is 0. The number of rotatable bonds is 2. The van der Waals surface area contributed by atoms with Crippen molar-refractivity contribution in [2.75, 3.05) is 0 Å². The minimum atomic E-state index is -0.622. The highest BCUT2D eigenvalue weighted by Gasteiger charge is 2.04. The Balaban J connectivity index is 2.21. The van der Waals surface area contributed by atoms with E-state index in [4.69, 9.17) is 15.3 Å². The second kappa shape index (κ2) is 4.99. The summed E-state index contributed by atoms with van der Waals surface area (Å²) in [4.78, 5) is 0. The second-order valence-electron chi connectivity index (χ2n) is 3.49. The first-order valence-electron chi connectivity index (χ1n) is 5.10. The highest BCUT2D eigenvalue weighted by atomic mass is 19.1. The van der Waals surface area contributed by atoms with E-state index >= 15 is 0 Å². The van der Waals surface area contributed by atoms with Crippen LogP contribution in [0.1, 0.15) is 11.1 Å². The van der Waals surface area contributed by atoms with Crippen LogP contribution < -0.4 is 4.74 Å². The predicted octanol–water partition coefficient (Wildman–Crippen LogP) is 3.36. The Hall–Kier alpha value is -2.85. The Morgan fingerprint density at radius 1 is 0.889 bits per heavy atom. The molecule has 18 heavy (non-hydrogen) atoms. The third-order valence-corrected chi connectivity index (χ3v) is 2.28. The maximum Gasteiger partial charge on any atom is 0.144 e. The first kappa shape index (κ1) is 11.6. The van der Waals surface area contributed by atoms with Crippen molar-refractivity contribution in [2.24, 2.45) is 0 Å². The van der Waals surface area contributed by atoms with Crippen molar-refractivity contribution in [2.45, 2.75) is 0 Å². The van der Waals surface area contributed by atoms with E-state index in [2.05, 4.69) is 0 Å². The van der Waals surface area contributed by atoms with Gasteiger partial charge in [0.2, 0.25) is 0 Å². The SMILES string of the molecule is N#Cc1ccc(Oc2ccc(C#N)c(F)c2)cc1. The Morgan fingerprint density at radius 2 is 1.56 bits per heavy atom. The molecule has 0 aliphatic heterocycles. The van der Waals surface area contributed by atoms with Crippen molar-refractivity contribution in [3.8, 4) is 23.6 Å². The second-order valence-corrected chi connectivity index (χ2v) is 3.49. The fraction of sp³-hybridized carbons (Fsp3) is 0. The molecule has 0 bridgehead atoms. The Bertz CT molecular complexity index is 651. The van der Waals surface area contributed by atoms with E-state index in [9.17, 15) is 4.39 Å². The standard InChI is InChI=1S/C14H7FN2O/c15-14-7-13(6-3-11(14)9-17)18-12-4-1-10(8-16)2-5-12/h1-7H. The van der Waals surface area contributed by atoms with Crippen LogP contribution in [-0.2, 0) is 0 Å². The summed E-state index contributed by atoms with van der Waals surface area (Å²) in [5.74, 6) is 0.179. The highest BCUT2D eigenvalue weighted by molar-refractivity contribution is 5.40. The fourth-order valence-corrected chi connectivity index (χ4v) is 1.38. The van der Waals surface area contributed by atoms with Gasteiger partial charge in [0.05, 0.1) is 17.2 Å². The number of benzene rings is 2. The molecule has 0 saturated heterocycles. The van der Waals surface area contributed by atoms with Crippen LogP contribution in [0.5, 0.6) is 11.5 Å². The molecule has 0 amide bonds. The van der Waals surface area contributed by atoms with Crippen LogP contribution in [0.3, 0.4) is 0 Å². The van der Waals surface area contributed by atoms with Crippen LogP contribution >= 0.6 is 0 Å². The van der Waals surface area contributed by atoms with Gasteiger partial charge in [-0.2, -0.15) is 10.5 Å². The largest absolute Gasteiger partial charge is 0.457 e. The molecule has 86 valence electrons. The lowest BCUT2D eigenvalue weighted by molar-refractivity contribution is 0.476. The molecule has 2 aromatic carbocycles. The minimum Gasteiger partial charge on any atom is -0.457 e. The molecule has 3 nitrogen and oxygen atoms in total. The molecule has 0 N–H and O–H groups in total. The molecule has 0 atom stereocenters. The molecule has 0 aromatic heterocycles. The number of ether oxygens (including phenoxy) is 1. The molecule has 0 unspecified atom stereocenters. The topological polar surface area (TPSA) is 56.8 Å². The van der Waals surface area contributed by atoms with Crippen molar-refractivity contribution in [1.82, 2.24) is 0 Å². The molecule has 0 spiro atoms. The van der Waals surface area contributed by atoms with E-state index in [1.54, 1.807) is 30.3 Å². The summed E-state index contributed by atoms with van der Waals surface area (Å²) in [6, 6.07) is 14.2. The smallest absolute Gasteiger partial charge is 0.144 e. The van der Waals surface area contributed by atoms with Gasteiger partial charge in [0.15, 0.2) is 0 Å². The quantitative estimate of drug-likeness (QED) is 0.805. The van der Waals surface area contributed by atoms with Crippen LogP contribution in [0.4, 0.5) is 4.39 Å². The van der Waals surface area contributed by atoms with Crippen LogP contribution in [0.2, 0.25) is 0 Å². The number of halogens is 1. The molecular formula is C14H7FN2O. The predicted molar refractivity (Wildman–Crippen MR) is 62.3 cm³/mol. The van der Waals surface area contributed by atoms with Crippen molar-refractivity contribution < 1.29 is 9.13 Å². The van der Waals surface area contributed by atoms with E-state index in [0.717, 1.165) is 6.07 Å². The maximum absolute atomic E-state index is 13.3. The molecule has 2 rings (SSSR count). The third-order valence-electron chi connectivity index (χ3n) is 2.28. The Kier molecular flexibility index (Phi) is 3.22. The van der Waals surface area contributed by atoms with E-state index < -0.39 is 5.82 Å². The molecule has 0 saturated carbocycles. The molecule has 0 heterocycles. The van der Waals surface area contributed by atoms with Gasteiger partial charge in [0.25, 0.3) is 0 Å². The van der Waals surface area contributed by atoms with Crippen molar-refractivity contribution >= 4 is 0 Å². The maximum atomic E-state index is 13.3. The van der Waals surface area contributed by atoms with Gasteiger partial charge in [-0.15, -0.1) is 0 Å². The van der Waals surface area contributed by atoms with E-state index in [1.807, 2.05) is 6.07 Å². The summed E-state index contributed by atoms with van der Waals surface area (Å²) in [6.07, 6.45) is 0. The molecule has 2 aromatic rings. The normalized spacial score (nSPS) is 9.28. The first-order valence-corrected chi connectivity index (χ1v) is 5.10. The van der Waals surface area contributed by atoms with Crippen LogP contribution in [-0.4, -0.2) is 0 Å². The lowest BCUT2D eigenvalue weighted by Gasteiger charge is -2.05. The summed E-state index contributed by atoms with van der Waals surface area (Å²) in [5.41, 5.74) is 0.496. The summed E-state index contributed by atoms with van der Waals surface area (Å²) < 4.78 is 18.7. The van der Waals surface area contributed by atoms with E-state index in [1.165, 1.54) is 12.1 Å². The van der Waals surface area contributed by atoms with Crippen LogP contribution in [0, 0.1) is 28.5 Å². The number of hydrogen-bond donors (Lipinski definition) is 0. The summed E-state index contributed by atoms with van der Waals surface area (Å²) in [7, 11) is 0. The fourth-order valence-electron chi connectivity index (χ4n) is 1.38.